The number of carbonyl (C=O) groups excluding carboxylic acids is 1. The molecule has 0 saturated carbocycles. The van der Waals surface area contributed by atoms with Crippen LogP contribution in [0.3, 0.4) is 0 Å². The Bertz CT molecular complexity index is 847. The van der Waals surface area contributed by atoms with Crippen molar-refractivity contribution in [2.45, 2.75) is 6.92 Å². The van der Waals surface area contributed by atoms with Gasteiger partial charge < -0.3 is 4.74 Å². The lowest BCUT2D eigenvalue weighted by molar-refractivity contribution is -0.113. The number of ether oxygens (including phenoxy) is 1. The number of amides is 1. The van der Waals surface area contributed by atoms with Gasteiger partial charge in [-0.2, -0.15) is 0 Å². The van der Waals surface area contributed by atoms with E-state index in [4.69, 9.17) is 17.0 Å². The molecule has 0 N–H and O–H groups in total. The van der Waals surface area contributed by atoms with Gasteiger partial charge in [0.1, 0.15) is 0 Å². The molecule has 2 aromatic rings. The van der Waals surface area contributed by atoms with Crippen molar-refractivity contribution in [2.24, 2.45) is 0 Å². The summed E-state index contributed by atoms with van der Waals surface area (Å²) in [6.45, 7) is 1.98. The molecule has 0 bridgehead atoms. The number of aryl methyl sites for hydroxylation is 1. The van der Waals surface area contributed by atoms with E-state index in [-0.39, 0.29) is 11.7 Å². The Balaban J connectivity index is 1.90. The van der Waals surface area contributed by atoms with E-state index in [1.54, 1.807) is 12.1 Å². The molecule has 1 saturated heterocycles. The summed E-state index contributed by atoms with van der Waals surface area (Å²) >= 11 is 6.53. The minimum atomic E-state index is -0.472. The third kappa shape index (κ3) is 3.20. The van der Waals surface area contributed by atoms with Crippen LogP contribution in [-0.2, 0) is 4.79 Å². The van der Waals surface area contributed by atoms with Crippen LogP contribution in [0.4, 0.5) is 10.1 Å². The van der Waals surface area contributed by atoms with Crippen LogP contribution in [0, 0.1) is 12.7 Å². The van der Waals surface area contributed by atoms with Crippen LogP contribution in [-0.4, -0.2) is 17.3 Å². The number of carbonyl (C=O) groups is 1. The molecule has 1 fully saturated rings. The Morgan fingerprint density at radius 3 is 2.54 bits per heavy atom. The standard InChI is InChI=1S/C18H14FNO2S2/c1-11-3-6-13(7-4-11)20-17(21)16(24-18(20)23)10-12-5-8-15(22-2)14(19)9-12/h3-10H,1-2H3. The summed E-state index contributed by atoms with van der Waals surface area (Å²) in [6, 6.07) is 12.1. The number of anilines is 1. The molecule has 2 aromatic carbocycles. The topological polar surface area (TPSA) is 29.5 Å². The summed E-state index contributed by atoms with van der Waals surface area (Å²) in [5.41, 5.74) is 2.42. The predicted octanol–water partition coefficient (Wildman–Crippen LogP) is 4.55. The van der Waals surface area contributed by atoms with Crippen LogP contribution in [0.15, 0.2) is 47.4 Å². The predicted molar refractivity (Wildman–Crippen MR) is 99.8 cm³/mol. The summed E-state index contributed by atoms with van der Waals surface area (Å²) in [7, 11) is 1.41. The molecule has 1 amide bonds. The van der Waals surface area contributed by atoms with Crippen LogP contribution in [0.25, 0.3) is 6.08 Å². The number of nitrogens with zero attached hydrogens (tertiary/aromatic N) is 1. The fraction of sp³-hybridized carbons (Fsp3) is 0.111. The van der Waals surface area contributed by atoms with Crippen molar-refractivity contribution in [3.05, 3.63) is 64.3 Å². The number of halogens is 1. The van der Waals surface area contributed by atoms with E-state index in [0.717, 1.165) is 11.3 Å². The van der Waals surface area contributed by atoms with Crippen molar-refractivity contribution in [2.75, 3.05) is 12.0 Å². The molecule has 6 heteroatoms. The lowest BCUT2D eigenvalue weighted by Gasteiger charge is -2.14. The smallest absolute Gasteiger partial charge is 0.270 e. The number of rotatable bonds is 3. The van der Waals surface area contributed by atoms with E-state index < -0.39 is 5.82 Å². The third-order valence-electron chi connectivity index (χ3n) is 3.56. The molecular weight excluding hydrogens is 345 g/mol. The van der Waals surface area contributed by atoms with Gasteiger partial charge in [-0.1, -0.05) is 47.7 Å². The number of hydrogen-bond donors (Lipinski definition) is 0. The van der Waals surface area contributed by atoms with E-state index in [2.05, 4.69) is 0 Å². The highest BCUT2D eigenvalue weighted by Gasteiger charge is 2.33. The van der Waals surface area contributed by atoms with Crippen molar-refractivity contribution in [3.63, 3.8) is 0 Å². The molecule has 1 aliphatic rings. The Hall–Kier alpha value is -2.18. The average molecular weight is 359 g/mol. The molecule has 0 unspecified atom stereocenters. The van der Waals surface area contributed by atoms with Crippen LogP contribution in [0.1, 0.15) is 11.1 Å². The monoisotopic (exact) mass is 359 g/mol. The van der Waals surface area contributed by atoms with Gasteiger partial charge in [0, 0.05) is 0 Å². The number of hydrogen-bond acceptors (Lipinski definition) is 4. The highest BCUT2D eigenvalue weighted by Crippen LogP contribution is 2.36. The number of thiocarbonyl (C=S) groups is 1. The maximum atomic E-state index is 13.8. The molecule has 122 valence electrons. The molecule has 0 radical (unpaired) electrons. The molecule has 0 aromatic heterocycles. The lowest BCUT2D eigenvalue weighted by Crippen LogP contribution is -2.27. The number of methoxy groups -OCH3 is 1. The Morgan fingerprint density at radius 2 is 1.92 bits per heavy atom. The van der Waals surface area contributed by atoms with Gasteiger partial charge in [0.25, 0.3) is 5.91 Å². The highest BCUT2D eigenvalue weighted by atomic mass is 32.2. The first kappa shape index (κ1) is 16.7. The largest absolute Gasteiger partial charge is 0.494 e. The Kier molecular flexibility index (Phi) is 4.69. The van der Waals surface area contributed by atoms with Crippen molar-refractivity contribution < 1.29 is 13.9 Å². The second-order valence-electron chi connectivity index (χ2n) is 5.25. The Labute approximate surface area is 149 Å². The minimum Gasteiger partial charge on any atom is -0.494 e. The molecule has 3 nitrogen and oxygen atoms in total. The van der Waals surface area contributed by atoms with Gasteiger partial charge in [-0.3, -0.25) is 9.69 Å². The first-order valence-corrected chi connectivity index (χ1v) is 8.40. The zero-order chi connectivity index (χ0) is 17.3. The summed E-state index contributed by atoms with van der Waals surface area (Å²) in [5.74, 6) is -0.510. The van der Waals surface area contributed by atoms with Crippen LogP contribution >= 0.6 is 24.0 Å². The molecule has 1 aliphatic heterocycles. The average Bonchev–Trinajstić information content (AvgIpc) is 2.83. The van der Waals surface area contributed by atoms with E-state index >= 15 is 0 Å². The van der Waals surface area contributed by atoms with Crippen molar-refractivity contribution >= 4 is 46.0 Å². The first-order chi connectivity index (χ1) is 11.5. The van der Waals surface area contributed by atoms with E-state index in [1.165, 1.54) is 35.9 Å². The zero-order valence-corrected chi connectivity index (χ0v) is 14.7. The molecule has 0 atom stereocenters. The number of thioether (sulfide) groups is 1. The second-order valence-corrected chi connectivity index (χ2v) is 6.92. The van der Waals surface area contributed by atoms with Gasteiger partial charge in [-0.15, -0.1) is 0 Å². The van der Waals surface area contributed by atoms with Crippen molar-refractivity contribution in [3.8, 4) is 5.75 Å². The SMILES string of the molecule is COc1ccc(C=C2SC(=S)N(c3ccc(C)cc3)C2=O)cc1F. The van der Waals surface area contributed by atoms with Crippen LogP contribution in [0.5, 0.6) is 5.75 Å². The first-order valence-electron chi connectivity index (χ1n) is 7.18. The molecule has 0 aliphatic carbocycles. The van der Waals surface area contributed by atoms with Gasteiger partial charge in [0.15, 0.2) is 15.9 Å². The Morgan fingerprint density at radius 1 is 1.21 bits per heavy atom. The van der Waals surface area contributed by atoms with Gasteiger partial charge in [0.2, 0.25) is 0 Å². The van der Waals surface area contributed by atoms with E-state index in [1.807, 2.05) is 31.2 Å². The lowest BCUT2D eigenvalue weighted by atomic mass is 10.2. The summed E-state index contributed by atoms with van der Waals surface area (Å²) < 4.78 is 19.2. The molecule has 0 spiro atoms. The van der Waals surface area contributed by atoms with Crippen molar-refractivity contribution in [1.29, 1.82) is 0 Å². The second kappa shape index (κ2) is 6.75. The van der Waals surface area contributed by atoms with Crippen molar-refractivity contribution in [1.82, 2.24) is 0 Å². The molecule has 1 heterocycles. The normalized spacial score (nSPS) is 16.1. The van der Waals surface area contributed by atoms with Gasteiger partial charge in [-0.25, -0.2) is 4.39 Å². The van der Waals surface area contributed by atoms with Gasteiger partial charge in [-0.05, 0) is 42.8 Å². The van der Waals surface area contributed by atoms with E-state index in [0.29, 0.717) is 14.8 Å². The van der Waals surface area contributed by atoms with Gasteiger partial charge in [0.05, 0.1) is 17.7 Å². The highest BCUT2D eigenvalue weighted by molar-refractivity contribution is 8.27. The third-order valence-corrected chi connectivity index (χ3v) is 4.86. The van der Waals surface area contributed by atoms with Crippen LogP contribution in [0.2, 0.25) is 0 Å². The zero-order valence-electron chi connectivity index (χ0n) is 13.1. The van der Waals surface area contributed by atoms with E-state index in [9.17, 15) is 9.18 Å². The quantitative estimate of drug-likeness (QED) is 0.594. The number of benzene rings is 2. The maximum Gasteiger partial charge on any atom is 0.270 e. The maximum absolute atomic E-state index is 13.8. The minimum absolute atomic E-state index is 0.166. The fourth-order valence-corrected chi connectivity index (χ4v) is 3.61. The molecule has 3 rings (SSSR count). The summed E-state index contributed by atoms with van der Waals surface area (Å²) in [5, 5.41) is 0. The summed E-state index contributed by atoms with van der Waals surface area (Å²) in [4.78, 5) is 14.6. The molecule has 24 heavy (non-hydrogen) atoms. The van der Waals surface area contributed by atoms with Crippen LogP contribution < -0.4 is 9.64 Å². The fourth-order valence-electron chi connectivity index (χ4n) is 2.31. The van der Waals surface area contributed by atoms with Gasteiger partial charge >= 0.3 is 0 Å². The molecular formula is C18H14FNO2S2. The summed E-state index contributed by atoms with van der Waals surface area (Å²) in [6.07, 6.45) is 1.63.